The maximum absolute atomic E-state index is 5.83. The van der Waals surface area contributed by atoms with Gasteiger partial charge in [-0.1, -0.05) is 19.1 Å². The molecular weight excluding hydrogens is 214 g/mol. The van der Waals surface area contributed by atoms with Crippen molar-refractivity contribution in [3.63, 3.8) is 0 Å². The van der Waals surface area contributed by atoms with Gasteiger partial charge in [-0.2, -0.15) is 0 Å². The maximum atomic E-state index is 5.83. The number of methoxy groups -OCH3 is 1. The molecule has 2 rings (SSSR count). The van der Waals surface area contributed by atoms with Crippen LogP contribution < -0.4 is 10.1 Å². The van der Waals surface area contributed by atoms with Gasteiger partial charge in [0, 0.05) is 6.04 Å². The van der Waals surface area contributed by atoms with Crippen molar-refractivity contribution >= 4 is 0 Å². The molecule has 0 amide bonds. The Balaban J connectivity index is 1.68. The van der Waals surface area contributed by atoms with Crippen LogP contribution in [-0.4, -0.2) is 25.8 Å². The molecule has 0 aromatic heterocycles. The zero-order valence-electron chi connectivity index (χ0n) is 10.6. The third kappa shape index (κ3) is 3.45. The summed E-state index contributed by atoms with van der Waals surface area (Å²) in [4.78, 5) is 0. The molecule has 17 heavy (non-hydrogen) atoms. The molecule has 3 nitrogen and oxygen atoms in total. The first-order chi connectivity index (χ1) is 8.31. The largest absolute Gasteiger partial charge is 0.497 e. The Morgan fingerprint density at radius 1 is 1.24 bits per heavy atom. The monoisotopic (exact) mass is 235 g/mol. The van der Waals surface area contributed by atoms with Crippen LogP contribution in [0.4, 0.5) is 0 Å². The van der Waals surface area contributed by atoms with Gasteiger partial charge in [-0.15, -0.1) is 0 Å². The minimum absolute atomic E-state index is 0.432. The van der Waals surface area contributed by atoms with E-state index < -0.39 is 0 Å². The summed E-state index contributed by atoms with van der Waals surface area (Å²) in [6.45, 7) is 3.90. The number of rotatable bonds is 6. The minimum atomic E-state index is 0.432. The number of hydrogen-bond acceptors (Lipinski definition) is 3. The van der Waals surface area contributed by atoms with E-state index in [2.05, 4.69) is 24.4 Å². The van der Waals surface area contributed by atoms with Crippen molar-refractivity contribution in [2.75, 3.05) is 13.7 Å². The number of ether oxygens (including phenoxy) is 2. The Kier molecular flexibility index (Phi) is 4.40. The van der Waals surface area contributed by atoms with Gasteiger partial charge in [0.05, 0.1) is 19.8 Å². The van der Waals surface area contributed by atoms with E-state index in [1.54, 1.807) is 7.11 Å². The highest BCUT2D eigenvalue weighted by Gasteiger charge is 2.28. The summed E-state index contributed by atoms with van der Waals surface area (Å²) in [7, 11) is 1.68. The fourth-order valence-electron chi connectivity index (χ4n) is 2.09. The first kappa shape index (κ1) is 12.4. The van der Waals surface area contributed by atoms with Crippen molar-refractivity contribution < 1.29 is 9.47 Å². The maximum Gasteiger partial charge on any atom is 0.118 e. The molecule has 0 bridgehead atoms. The van der Waals surface area contributed by atoms with Gasteiger partial charge >= 0.3 is 0 Å². The minimum Gasteiger partial charge on any atom is -0.497 e. The molecule has 1 aliphatic carbocycles. The van der Waals surface area contributed by atoms with Crippen LogP contribution in [-0.2, 0) is 11.3 Å². The second kappa shape index (κ2) is 6.03. The van der Waals surface area contributed by atoms with E-state index in [4.69, 9.17) is 9.47 Å². The van der Waals surface area contributed by atoms with E-state index in [1.807, 2.05) is 12.1 Å². The highest BCUT2D eigenvalue weighted by atomic mass is 16.5. The van der Waals surface area contributed by atoms with Gasteiger partial charge < -0.3 is 14.8 Å². The summed E-state index contributed by atoms with van der Waals surface area (Å²) in [5.41, 5.74) is 1.21. The van der Waals surface area contributed by atoms with Crippen LogP contribution in [0.15, 0.2) is 24.3 Å². The lowest BCUT2D eigenvalue weighted by atomic mass is 9.89. The lowest BCUT2D eigenvalue weighted by molar-refractivity contribution is -0.0261. The number of nitrogens with one attached hydrogen (secondary N) is 1. The number of benzene rings is 1. The number of hydrogen-bond donors (Lipinski definition) is 1. The average molecular weight is 235 g/mol. The molecule has 0 unspecified atom stereocenters. The quantitative estimate of drug-likeness (QED) is 0.821. The normalized spacial score (nSPS) is 23.2. The van der Waals surface area contributed by atoms with Crippen LogP contribution in [0, 0.1) is 0 Å². The first-order valence-corrected chi connectivity index (χ1v) is 6.29. The molecule has 1 saturated carbocycles. The van der Waals surface area contributed by atoms with E-state index in [9.17, 15) is 0 Å². The molecule has 1 N–H and O–H groups in total. The zero-order valence-corrected chi connectivity index (χ0v) is 10.6. The predicted molar refractivity (Wildman–Crippen MR) is 68.3 cm³/mol. The molecule has 3 heteroatoms. The van der Waals surface area contributed by atoms with Gasteiger partial charge in [-0.25, -0.2) is 0 Å². The second-order valence-electron chi connectivity index (χ2n) is 4.51. The molecule has 0 atom stereocenters. The van der Waals surface area contributed by atoms with Gasteiger partial charge in [0.15, 0.2) is 0 Å². The van der Waals surface area contributed by atoms with Gasteiger partial charge in [0.2, 0.25) is 0 Å². The van der Waals surface area contributed by atoms with E-state index >= 15 is 0 Å². The predicted octanol–water partition coefficient (Wildman–Crippen LogP) is 2.35. The fraction of sp³-hybridized carbons (Fsp3) is 0.571. The van der Waals surface area contributed by atoms with Crippen molar-refractivity contribution in [3.8, 4) is 5.75 Å². The SMILES string of the molecule is CCNC1CC(OCc2ccc(OC)cc2)C1. The summed E-state index contributed by atoms with van der Waals surface area (Å²) in [6.07, 6.45) is 2.72. The van der Waals surface area contributed by atoms with Crippen molar-refractivity contribution in [2.24, 2.45) is 0 Å². The van der Waals surface area contributed by atoms with Crippen molar-refractivity contribution in [2.45, 2.75) is 38.5 Å². The smallest absolute Gasteiger partial charge is 0.118 e. The molecular formula is C14H21NO2. The Morgan fingerprint density at radius 2 is 1.94 bits per heavy atom. The van der Waals surface area contributed by atoms with Crippen LogP contribution in [0.3, 0.4) is 0 Å². The summed E-state index contributed by atoms with van der Waals surface area (Å²) < 4.78 is 11.0. The lowest BCUT2D eigenvalue weighted by Crippen LogP contribution is -2.45. The van der Waals surface area contributed by atoms with Crippen LogP contribution in [0.1, 0.15) is 25.3 Å². The van der Waals surface area contributed by atoms with E-state index in [1.165, 1.54) is 5.56 Å². The molecule has 0 aliphatic heterocycles. The second-order valence-corrected chi connectivity index (χ2v) is 4.51. The Morgan fingerprint density at radius 3 is 2.53 bits per heavy atom. The molecule has 0 spiro atoms. The van der Waals surface area contributed by atoms with Gasteiger partial charge in [-0.3, -0.25) is 0 Å². The van der Waals surface area contributed by atoms with Gasteiger partial charge in [-0.05, 0) is 37.1 Å². The Bertz CT molecular complexity index is 331. The summed E-state index contributed by atoms with van der Waals surface area (Å²) in [6, 6.07) is 8.72. The molecule has 1 aliphatic rings. The molecule has 1 fully saturated rings. The highest BCUT2D eigenvalue weighted by molar-refractivity contribution is 5.26. The fourth-order valence-corrected chi connectivity index (χ4v) is 2.09. The molecule has 1 aromatic carbocycles. The molecule has 0 saturated heterocycles. The standard InChI is InChI=1S/C14H21NO2/c1-3-15-12-8-14(9-12)17-10-11-4-6-13(16-2)7-5-11/h4-7,12,14-15H,3,8-10H2,1-2H3. The molecule has 0 heterocycles. The Hall–Kier alpha value is -1.06. The van der Waals surface area contributed by atoms with Gasteiger partial charge in [0.1, 0.15) is 5.75 Å². The third-order valence-electron chi connectivity index (χ3n) is 3.23. The van der Waals surface area contributed by atoms with Crippen LogP contribution in [0.5, 0.6) is 5.75 Å². The van der Waals surface area contributed by atoms with E-state index in [-0.39, 0.29) is 0 Å². The van der Waals surface area contributed by atoms with Crippen LogP contribution >= 0.6 is 0 Å². The van der Waals surface area contributed by atoms with E-state index in [0.717, 1.165) is 25.1 Å². The van der Waals surface area contributed by atoms with Crippen LogP contribution in [0.25, 0.3) is 0 Å². The molecule has 1 aromatic rings. The topological polar surface area (TPSA) is 30.5 Å². The lowest BCUT2D eigenvalue weighted by Gasteiger charge is -2.35. The molecule has 94 valence electrons. The third-order valence-corrected chi connectivity index (χ3v) is 3.23. The Labute approximate surface area is 103 Å². The summed E-state index contributed by atoms with van der Waals surface area (Å²) in [5, 5.41) is 3.43. The van der Waals surface area contributed by atoms with Crippen molar-refractivity contribution in [1.82, 2.24) is 5.32 Å². The van der Waals surface area contributed by atoms with Gasteiger partial charge in [0.25, 0.3) is 0 Å². The zero-order chi connectivity index (χ0) is 12.1. The van der Waals surface area contributed by atoms with E-state index in [0.29, 0.717) is 18.8 Å². The first-order valence-electron chi connectivity index (χ1n) is 6.29. The van der Waals surface area contributed by atoms with Crippen molar-refractivity contribution in [3.05, 3.63) is 29.8 Å². The highest BCUT2D eigenvalue weighted by Crippen LogP contribution is 2.24. The van der Waals surface area contributed by atoms with Crippen LogP contribution in [0.2, 0.25) is 0 Å². The average Bonchev–Trinajstić information content (AvgIpc) is 2.32. The van der Waals surface area contributed by atoms with Crippen molar-refractivity contribution in [1.29, 1.82) is 0 Å². The summed E-state index contributed by atoms with van der Waals surface area (Å²) in [5.74, 6) is 0.893. The molecule has 0 radical (unpaired) electrons. The summed E-state index contributed by atoms with van der Waals surface area (Å²) >= 11 is 0.